The van der Waals surface area contributed by atoms with Crippen LogP contribution in [0.1, 0.15) is 34.2 Å². The quantitative estimate of drug-likeness (QED) is 0.641. The number of ether oxygens (including phenoxy) is 2. The SMILES string of the molecule is COCc1c(C(=O)O[C@H](C)C(=O)Nc2ccc(C)cc2C)oc2ccccc12. The number of esters is 1. The zero-order valence-corrected chi connectivity index (χ0v) is 16.4. The van der Waals surface area contributed by atoms with Crippen LogP contribution in [0.25, 0.3) is 11.0 Å². The van der Waals surface area contributed by atoms with Gasteiger partial charge in [-0.05, 0) is 38.5 Å². The van der Waals surface area contributed by atoms with Crippen molar-refractivity contribution in [3.05, 3.63) is 64.9 Å². The van der Waals surface area contributed by atoms with Gasteiger partial charge in [-0.25, -0.2) is 4.79 Å². The predicted octanol–water partition coefficient (Wildman–Crippen LogP) is 4.38. The van der Waals surface area contributed by atoms with Gasteiger partial charge in [0.15, 0.2) is 6.10 Å². The first-order valence-electron chi connectivity index (χ1n) is 8.99. The molecule has 0 radical (unpaired) electrons. The minimum absolute atomic E-state index is 0.0502. The maximum atomic E-state index is 12.6. The number of rotatable bonds is 6. The molecule has 0 saturated carbocycles. The topological polar surface area (TPSA) is 77.8 Å². The van der Waals surface area contributed by atoms with Crippen LogP contribution in [0, 0.1) is 13.8 Å². The normalized spacial score (nSPS) is 12.0. The molecule has 0 unspecified atom stereocenters. The fourth-order valence-corrected chi connectivity index (χ4v) is 3.01. The number of carbonyl (C=O) groups excluding carboxylic acids is 2. The zero-order chi connectivity index (χ0) is 20.3. The Morgan fingerprint density at radius 3 is 2.61 bits per heavy atom. The summed E-state index contributed by atoms with van der Waals surface area (Å²) >= 11 is 0. The summed E-state index contributed by atoms with van der Waals surface area (Å²) in [7, 11) is 1.54. The van der Waals surface area contributed by atoms with Gasteiger partial charge in [0, 0.05) is 23.7 Å². The second-order valence-electron chi connectivity index (χ2n) is 6.69. The summed E-state index contributed by atoms with van der Waals surface area (Å²) in [6.07, 6.45) is -0.989. The molecule has 28 heavy (non-hydrogen) atoms. The van der Waals surface area contributed by atoms with Gasteiger partial charge in [-0.15, -0.1) is 0 Å². The van der Waals surface area contributed by atoms with Gasteiger partial charge >= 0.3 is 5.97 Å². The van der Waals surface area contributed by atoms with Gasteiger partial charge in [-0.1, -0.05) is 35.9 Å². The van der Waals surface area contributed by atoms with E-state index < -0.39 is 18.0 Å². The molecule has 0 aliphatic heterocycles. The average molecular weight is 381 g/mol. The van der Waals surface area contributed by atoms with Gasteiger partial charge in [-0.2, -0.15) is 0 Å². The van der Waals surface area contributed by atoms with Crippen molar-refractivity contribution in [3.8, 4) is 0 Å². The fraction of sp³-hybridized carbons (Fsp3) is 0.273. The number of anilines is 1. The highest BCUT2D eigenvalue weighted by Gasteiger charge is 2.26. The van der Waals surface area contributed by atoms with Crippen LogP contribution < -0.4 is 5.32 Å². The molecule has 6 nitrogen and oxygen atoms in total. The van der Waals surface area contributed by atoms with Gasteiger partial charge in [0.25, 0.3) is 5.91 Å². The van der Waals surface area contributed by atoms with Crippen molar-refractivity contribution in [1.29, 1.82) is 0 Å². The van der Waals surface area contributed by atoms with Crippen molar-refractivity contribution in [2.24, 2.45) is 0 Å². The van der Waals surface area contributed by atoms with E-state index in [0.717, 1.165) is 16.5 Å². The van der Waals surface area contributed by atoms with E-state index in [4.69, 9.17) is 13.9 Å². The van der Waals surface area contributed by atoms with Crippen LogP contribution in [0.15, 0.2) is 46.9 Å². The van der Waals surface area contributed by atoms with Crippen molar-refractivity contribution < 1.29 is 23.5 Å². The highest BCUT2D eigenvalue weighted by Crippen LogP contribution is 2.27. The Balaban J connectivity index is 1.76. The van der Waals surface area contributed by atoms with Gasteiger partial charge in [0.2, 0.25) is 5.76 Å². The molecule has 6 heteroatoms. The monoisotopic (exact) mass is 381 g/mol. The lowest BCUT2D eigenvalue weighted by Crippen LogP contribution is -2.30. The van der Waals surface area contributed by atoms with E-state index in [1.807, 2.05) is 50.2 Å². The number of amides is 1. The molecule has 1 N–H and O–H groups in total. The fourth-order valence-electron chi connectivity index (χ4n) is 3.01. The Labute approximate surface area is 163 Å². The molecule has 2 aromatic carbocycles. The lowest BCUT2D eigenvalue weighted by molar-refractivity contribution is -0.123. The van der Waals surface area contributed by atoms with E-state index in [2.05, 4.69) is 5.32 Å². The molecule has 1 aromatic heterocycles. The van der Waals surface area contributed by atoms with E-state index in [1.54, 1.807) is 6.07 Å². The molecule has 1 heterocycles. The first-order chi connectivity index (χ1) is 13.4. The number of methoxy groups -OCH3 is 1. The Kier molecular flexibility index (Phi) is 5.80. The number of carbonyl (C=O) groups is 2. The number of aryl methyl sites for hydroxylation is 2. The molecular weight excluding hydrogens is 358 g/mol. The van der Waals surface area contributed by atoms with Crippen LogP contribution in [0.4, 0.5) is 5.69 Å². The summed E-state index contributed by atoms with van der Waals surface area (Å²) < 4.78 is 16.2. The summed E-state index contributed by atoms with van der Waals surface area (Å²) in [4.78, 5) is 25.1. The van der Waals surface area contributed by atoms with E-state index in [-0.39, 0.29) is 12.4 Å². The van der Waals surface area contributed by atoms with Crippen LogP contribution in [0.5, 0.6) is 0 Å². The smallest absolute Gasteiger partial charge is 0.375 e. The first kappa shape index (κ1) is 19.6. The summed E-state index contributed by atoms with van der Waals surface area (Å²) in [6, 6.07) is 13.0. The van der Waals surface area contributed by atoms with Crippen LogP contribution in [0.2, 0.25) is 0 Å². The van der Waals surface area contributed by atoms with Crippen LogP contribution in [-0.4, -0.2) is 25.1 Å². The van der Waals surface area contributed by atoms with Crippen molar-refractivity contribution >= 4 is 28.5 Å². The first-order valence-corrected chi connectivity index (χ1v) is 8.99. The third-order valence-corrected chi connectivity index (χ3v) is 4.47. The standard InChI is InChI=1S/C22H23NO5/c1-13-9-10-18(14(2)11-13)23-21(24)15(3)27-22(25)20-17(12-26-4)16-7-5-6-8-19(16)28-20/h5-11,15H,12H2,1-4H3,(H,23,24)/t15-/m1/s1. The third kappa shape index (κ3) is 4.07. The highest BCUT2D eigenvalue weighted by molar-refractivity contribution is 5.99. The van der Waals surface area contributed by atoms with Crippen molar-refractivity contribution in [2.75, 3.05) is 12.4 Å². The number of benzene rings is 2. The average Bonchev–Trinajstić information content (AvgIpc) is 3.03. The molecule has 1 amide bonds. The summed E-state index contributed by atoms with van der Waals surface area (Å²) in [6.45, 7) is 5.61. The second-order valence-corrected chi connectivity index (χ2v) is 6.69. The number of hydrogen-bond donors (Lipinski definition) is 1. The maximum Gasteiger partial charge on any atom is 0.375 e. The zero-order valence-electron chi connectivity index (χ0n) is 16.4. The van der Waals surface area contributed by atoms with Gasteiger partial charge < -0.3 is 19.2 Å². The van der Waals surface area contributed by atoms with Crippen LogP contribution in [-0.2, 0) is 20.9 Å². The Morgan fingerprint density at radius 2 is 1.89 bits per heavy atom. The molecule has 1 atom stereocenters. The minimum atomic E-state index is -0.989. The second kappa shape index (κ2) is 8.27. The van der Waals surface area contributed by atoms with E-state index in [1.165, 1.54) is 14.0 Å². The molecule has 0 spiro atoms. The number of furan rings is 1. The van der Waals surface area contributed by atoms with Crippen molar-refractivity contribution in [3.63, 3.8) is 0 Å². The predicted molar refractivity (Wildman–Crippen MR) is 106 cm³/mol. The molecule has 0 aliphatic rings. The van der Waals surface area contributed by atoms with E-state index in [9.17, 15) is 9.59 Å². The molecule has 0 aliphatic carbocycles. The lowest BCUT2D eigenvalue weighted by Gasteiger charge is -2.14. The lowest BCUT2D eigenvalue weighted by atomic mass is 10.1. The molecule has 0 saturated heterocycles. The molecule has 3 aromatic rings. The Hall–Kier alpha value is -3.12. The number of hydrogen-bond acceptors (Lipinski definition) is 5. The van der Waals surface area contributed by atoms with E-state index >= 15 is 0 Å². The number of nitrogens with one attached hydrogen (secondary N) is 1. The largest absolute Gasteiger partial charge is 0.449 e. The van der Waals surface area contributed by atoms with Crippen LogP contribution in [0.3, 0.4) is 0 Å². The molecular formula is C22H23NO5. The molecule has 0 fully saturated rings. The Morgan fingerprint density at radius 1 is 1.14 bits per heavy atom. The van der Waals surface area contributed by atoms with Gasteiger partial charge in [0.1, 0.15) is 5.58 Å². The minimum Gasteiger partial charge on any atom is -0.449 e. The summed E-state index contributed by atoms with van der Waals surface area (Å²) in [5.41, 5.74) is 3.89. The molecule has 146 valence electrons. The van der Waals surface area contributed by atoms with Crippen molar-refractivity contribution in [1.82, 2.24) is 0 Å². The Bertz CT molecular complexity index is 1020. The summed E-state index contributed by atoms with van der Waals surface area (Å²) in [5.74, 6) is -1.06. The third-order valence-electron chi connectivity index (χ3n) is 4.47. The van der Waals surface area contributed by atoms with Crippen molar-refractivity contribution in [2.45, 2.75) is 33.5 Å². The van der Waals surface area contributed by atoms with Gasteiger partial charge in [0.05, 0.1) is 6.61 Å². The molecule has 0 bridgehead atoms. The van der Waals surface area contributed by atoms with Crippen LogP contribution >= 0.6 is 0 Å². The van der Waals surface area contributed by atoms with Gasteiger partial charge in [-0.3, -0.25) is 4.79 Å². The van der Waals surface area contributed by atoms with E-state index in [0.29, 0.717) is 16.8 Å². The number of fused-ring (bicyclic) bond motifs is 1. The molecule has 3 rings (SSSR count). The highest BCUT2D eigenvalue weighted by atomic mass is 16.6. The number of para-hydroxylation sites is 1. The summed E-state index contributed by atoms with van der Waals surface area (Å²) in [5, 5.41) is 3.57. The maximum absolute atomic E-state index is 12.6.